The molecule has 0 atom stereocenters. The number of rotatable bonds is 10. The summed E-state index contributed by atoms with van der Waals surface area (Å²) >= 11 is 0. The molecule has 2 aromatic carbocycles. The fourth-order valence-corrected chi connectivity index (χ4v) is 4.35. The normalized spacial score (nSPS) is 19.4. The molecule has 0 saturated heterocycles. The van der Waals surface area contributed by atoms with Crippen LogP contribution in [0.2, 0.25) is 0 Å². The number of benzene rings is 2. The Bertz CT molecular complexity index is 782. The zero-order chi connectivity index (χ0) is 22.3. The molecule has 31 heavy (non-hydrogen) atoms. The summed E-state index contributed by atoms with van der Waals surface area (Å²) in [6.07, 6.45) is 6.23. The summed E-state index contributed by atoms with van der Waals surface area (Å²) in [6.45, 7) is -0.728. The number of hydrogen-bond donors (Lipinski definition) is 0. The van der Waals surface area contributed by atoms with Crippen LogP contribution in [0.3, 0.4) is 0 Å². The van der Waals surface area contributed by atoms with Gasteiger partial charge in [0.1, 0.15) is 11.5 Å². The average molecular weight is 439 g/mol. The van der Waals surface area contributed by atoms with E-state index in [1.54, 1.807) is 12.1 Å². The first kappa shape index (κ1) is 23.4. The van der Waals surface area contributed by atoms with Crippen LogP contribution in [-0.4, -0.2) is 6.61 Å². The average Bonchev–Trinajstić information content (AvgIpc) is 2.75. The largest absolute Gasteiger partial charge is 0.435 e. The molecule has 3 rings (SSSR count). The van der Waals surface area contributed by atoms with Gasteiger partial charge in [0.05, 0.1) is 5.56 Å². The van der Waals surface area contributed by atoms with Gasteiger partial charge in [-0.05, 0) is 66.6 Å². The minimum Gasteiger partial charge on any atom is -0.435 e. The number of alkyl halides is 4. The van der Waals surface area contributed by atoms with Crippen molar-refractivity contribution in [3.05, 3.63) is 59.7 Å². The SMILES string of the molecule is CCCC1CCC(CCc2ccc(C(F)(F)Oc3ccc(OC(F)F)cc3)cc2)CC1. The summed E-state index contributed by atoms with van der Waals surface area (Å²) in [5.74, 6) is 1.37. The first-order valence-corrected chi connectivity index (χ1v) is 11.1. The molecule has 1 aliphatic carbocycles. The maximum Gasteiger partial charge on any atom is 0.426 e. The second-order valence-corrected chi connectivity index (χ2v) is 8.38. The second-order valence-electron chi connectivity index (χ2n) is 8.38. The van der Waals surface area contributed by atoms with Crippen LogP contribution in [0.15, 0.2) is 48.5 Å². The Morgan fingerprint density at radius 1 is 0.839 bits per heavy atom. The highest BCUT2D eigenvalue weighted by atomic mass is 19.3. The molecular weight excluding hydrogens is 408 g/mol. The van der Waals surface area contributed by atoms with Crippen LogP contribution in [0.4, 0.5) is 17.6 Å². The van der Waals surface area contributed by atoms with Crippen LogP contribution < -0.4 is 9.47 Å². The molecule has 1 aliphatic rings. The van der Waals surface area contributed by atoms with Crippen molar-refractivity contribution in [2.75, 3.05) is 0 Å². The number of ether oxygens (including phenoxy) is 2. The smallest absolute Gasteiger partial charge is 0.426 e. The Kier molecular flexibility index (Phi) is 8.22. The predicted molar refractivity (Wildman–Crippen MR) is 113 cm³/mol. The van der Waals surface area contributed by atoms with E-state index in [1.165, 1.54) is 62.8 Å². The van der Waals surface area contributed by atoms with Gasteiger partial charge in [0.15, 0.2) is 0 Å². The second kappa shape index (κ2) is 10.9. The zero-order valence-electron chi connectivity index (χ0n) is 17.8. The minimum absolute atomic E-state index is 0.117. The van der Waals surface area contributed by atoms with Crippen molar-refractivity contribution in [3.8, 4) is 11.5 Å². The van der Waals surface area contributed by atoms with Crippen molar-refractivity contribution >= 4 is 0 Å². The fourth-order valence-electron chi connectivity index (χ4n) is 4.35. The van der Waals surface area contributed by atoms with E-state index in [0.717, 1.165) is 42.4 Å². The van der Waals surface area contributed by atoms with Gasteiger partial charge in [-0.25, -0.2) is 0 Å². The molecule has 1 saturated carbocycles. The Balaban J connectivity index is 1.50. The van der Waals surface area contributed by atoms with E-state index in [1.807, 2.05) is 0 Å². The molecule has 0 radical (unpaired) electrons. The Morgan fingerprint density at radius 2 is 1.39 bits per heavy atom. The lowest BCUT2D eigenvalue weighted by molar-refractivity contribution is -0.185. The molecule has 6 heteroatoms. The van der Waals surface area contributed by atoms with Crippen LogP contribution in [0.5, 0.6) is 11.5 Å². The number of halogens is 4. The quantitative estimate of drug-likeness (QED) is 0.350. The molecule has 170 valence electrons. The van der Waals surface area contributed by atoms with Crippen molar-refractivity contribution in [1.29, 1.82) is 0 Å². The summed E-state index contributed by atoms with van der Waals surface area (Å²) < 4.78 is 62.3. The van der Waals surface area contributed by atoms with Crippen LogP contribution in [0, 0.1) is 11.8 Å². The lowest BCUT2D eigenvalue weighted by Crippen LogP contribution is -2.21. The molecule has 1 fully saturated rings. The van der Waals surface area contributed by atoms with Gasteiger partial charge < -0.3 is 9.47 Å². The van der Waals surface area contributed by atoms with E-state index in [4.69, 9.17) is 4.74 Å². The molecule has 0 amide bonds. The Labute approximate surface area is 181 Å². The fraction of sp³-hybridized carbons (Fsp3) is 0.520. The van der Waals surface area contributed by atoms with Crippen molar-refractivity contribution in [3.63, 3.8) is 0 Å². The summed E-state index contributed by atoms with van der Waals surface area (Å²) in [4.78, 5) is 0. The lowest BCUT2D eigenvalue weighted by Gasteiger charge is -2.28. The molecule has 0 bridgehead atoms. The van der Waals surface area contributed by atoms with Crippen LogP contribution in [-0.2, 0) is 12.5 Å². The van der Waals surface area contributed by atoms with Gasteiger partial charge in [0.25, 0.3) is 0 Å². The molecule has 0 spiro atoms. The highest BCUT2D eigenvalue weighted by Gasteiger charge is 2.34. The molecule has 0 N–H and O–H groups in total. The van der Waals surface area contributed by atoms with E-state index in [2.05, 4.69) is 11.7 Å². The zero-order valence-corrected chi connectivity index (χ0v) is 17.8. The van der Waals surface area contributed by atoms with Gasteiger partial charge in [0, 0.05) is 0 Å². The third-order valence-corrected chi connectivity index (χ3v) is 6.09. The summed E-state index contributed by atoms with van der Waals surface area (Å²) in [5.41, 5.74) is 0.799. The Morgan fingerprint density at radius 3 is 1.94 bits per heavy atom. The van der Waals surface area contributed by atoms with Crippen LogP contribution >= 0.6 is 0 Å². The van der Waals surface area contributed by atoms with Gasteiger partial charge in [0.2, 0.25) is 0 Å². The maximum atomic E-state index is 14.5. The topological polar surface area (TPSA) is 18.5 Å². The number of hydrogen-bond acceptors (Lipinski definition) is 2. The van der Waals surface area contributed by atoms with Crippen molar-refractivity contribution in [1.82, 2.24) is 0 Å². The van der Waals surface area contributed by atoms with E-state index in [-0.39, 0.29) is 17.1 Å². The van der Waals surface area contributed by atoms with Crippen LogP contribution in [0.25, 0.3) is 0 Å². The van der Waals surface area contributed by atoms with Crippen molar-refractivity contribution < 1.29 is 27.0 Å². The summed E-state index contributed by atoms with van der Waals surface area (Å²) in [6, 6.07) is 10.9. The van der Waals surface area contributed by atoms with E-state index < -0.39 is 12.7 Å². The third kappa shape index (κ3) is 7.15. The van der Waals surface area contributed by atoms with Gasteiger partial charge in [-0.3, -0.25) is 0 Å². The van der Waals surface area contributed by atoms with Crippen molar-refractivity contribution in [2.24, 2.45) is 11.8 Å². The summed E-state index contributed by atoms with van der Waals surface area (Å²) in [5, 5.41) is 0. The summed E-state index contributed by atoms with van der Waals surface area (Å²) in [7, 11) is 0. The van der Waals surface area contributed by atoms with Gasteiger partial charge in [-0.1, -0.05) is 57.6 Å². The highest BCUT2D eigenvalue weighted by Crippen LogP contribution is 2.35. The molecule has 0 aliphatic heterocycles. The van der Waals surface area contributed by atoms with E-state index in [9.17, 15) is 17.6 Å². The van der Waals surface area contributed by atoms with Gasteiger partial charge in [-0.2, -0.15) is 17.6 Å². The first-order chi connectivity index (χ1) is 14.9. The lowest BCUT2D eigenvalue weighted by atomic mass is 9.78. The molecule has 0 heterocycles. The predicted octanol–water partition coefficient (Wildman–Crippen LogP) is 7.96. The minimum atomic E-state index is -3.53. The van der Waals surface area contributed by atoms with Crippen LogP contribution in [0.1, 0.15) is 63.0 Å². The van der Waals surface area contributed by atoms with E-state index >= 15 is 0 Å². The highest BCUT2D eigenvalue weighted by molar-refractivity contribution is 5.32. The van der Waals surface area contributed by atoms with Crippen molar-refractivity contribution in [2.45, 2.75) is 71.0 Å². The van der Waals surface area contributed by atoms with Gasteiger partial charge >= 0.3 is 12.7 Å². The maximum absolute atomic E-state index is 14.5. The molecule has 2 nitrogen and oxygen atoms in total. The first-order valence-electron chi connectivity index (χ1n) is 11.1. The monoisotopic (exact) mass is 438 g/mol. The van der Waals surface area contributed by atoms with E-state index in [0.29, 0.717) is 0 Å². The molecule has 0 aromatic heterocycles. The molecule has 2 aromatic rings. The van der Waals surface area contributed by atoms with Gasteiger partial charge in [-0.15, -0.1) is 0 Å². The third-order valence-electron chi connectivity index (χ3n) is 6.09. The molecular formula is C25H30F4O2. The number of aryl methyl sites for hydroxylation is 1. The molecule has 0 unspecified atom stereocenters. The Hall–Kier alpha value is -2.24. The standard InChI is InChI=1S/C25H30F4O2/c1-2-3-18-4-6-19(7-5-18)8-9-20-10-12-21(13-11-20)25(28,29)31-23-16-14-22(15-17-23)30-24(26)27/h10-19,24H,2-9H2,1H3.